The molecule has 1 heterocycles. The van der Waals surface area contributed by atoms with Crippen LogP contribution < -0.4 is 4.74 Å². The van der Waals surface area contributed by atoms with E-state index >= 15 is 0 Å². The Morgan fingerprint density at radius 2 is 1.90 bits per heavy atom. The zero-order valence-corrected chi connectivity index (χ0v) is 17.5. The fourth-order valence-corrected chi connectivity index (χ4v) is 4.29. The molecule has 4 rings (SSSR count). The molecule has 0 saturated carbocycles. The molecule has 0 unspecified atom stereocenters. The van der Waals surface area contributed by atoms with E-state index in [1.165, 1.54) is 11.8 Å². The second kappa shape index (κ2) is 7.39. The Kier molecular flexibility index (Phi) is 4.88. The fraction of sp³-hybridized carbons (Fsp3) is 0.174. The molecule has 6 nitrogen and oxygen atoms in total. The minimum Gasteiger partial charge on any atom is -0.497 e. The van der Waals surface area contributed by atoms with Crippen LogP contribution in [-0.2, 0) is 4.79 Å². The van der Waals surface area contributed by atoms with Crippen LogP contribution >= 0.6 is 11.8 Å². The SMILES string of the molecule is COc1ccc2c(c1)nc(SC(C)(C)C(=O)O)n2-c1ccc(C#N)c2ccccc12. The molecule has 3 aromatic carbocycles. The van der Waals surface area contributed by atoms with Gasteiger partial charge in [0.15, 0.2) is 5.16 Å². The standard InChI is InChI=1S/C23H19N3O3S/c1-23(2,21(27)28)30-22-25-18-12-15(29-3)9-11-20(18)26(22)19-10-8-14(13-24)16-6-4-5-7-17(16)19/h4-12H,1-3H3,(H,27,28). The molecule has 0 saturated heterocycles. The fourth-order valence-electron chi connectivity index (χ4n) is 3.31. The van der Waals surface area contributed by atoms with Crippen molar-refractivity contribution in [2.75, 3.05) is 7.11 Å². The number of nitriles is 1. The highest BCUT2D eigenvalue weighted by atomic mass is 32.2. The molecule has 0 radical (unpaired) electrons. The van der Waals surface area contributed by atoms with Crippen molar-refractivity contribution >= 4 is 39.5 Å². The van der Waals surface area contributed by atoms with Crippen LogP contribution in [0.4, 0.5) is 0 Å². The van der Waals surface area contributed by atoms with E-state index < -0.39 is 10.7 Å². The summed E-state index contributed by atoms with van der Waals surface area (Å²) < 4.78 is 6.20. The summed E-state index contributed by atoms with van der Waals surface area (Å²) in [5.74, 6) is -0.251. The van der Waals surface area contributed by atoms with Crippen molar-refractivity contribution in [1.29, 1.82) is 5.26 Å². The van der Waals surface area contributed by atoms with Crippen LogP contribution in [-0.4, -0.2) is 32.5 Å². The number of aliphatic carboxylic acids is 1. The van der Waals surface area contributed by atoms with Crippen LogP contribution in [0.25, 0.3) is 27.5 Å². The summed E-state index contributed by atoms with van der Waals surface area (Å²) in [6, 6.07) is 19.2. The van der Waals surface area contributed by atoms with E-state index in [0.717, 1.165) is 22.0 Å². The number of carboxylic acid groups (broad SMARTS) is 1. The van der Waals surface area contributed by atoms with E-state index in [1.54, 1.807) is 27.0 Å². The molecule has 0 aliphatic heterocycles. The van der Waals surface area contributed by atoms with E-state index in [0.29, 0.717) is 22.0 Å². The lowest BCUT2D eigenvalue weighted by Crippen LogP contribution is -2.27. The first-order valence-corrected chi connectivity index (χ1v) is 10.1. The first kappa shape index (κ1) is 19.8. The summed E-state index contributed by atoms with van der Waals surface area (Å²) >= 11 is 1.18. The van der Waals surface area contributed by atoms with Gasteiger partial charge in [-0.05, 0) is 38.1 Å². The summed E-state index contributed by atoms with van der Waals surface area (Å²) in [5, 5.41) is 21.4. The molecule has 1 aromatic heterocycles. The largest absolute Gasteiger partial charge is 0.497 e. The van der Waals surface area contributed by atoms with Crippen molar-refractivity contribution in [2.45, 2.75) is 23.8 Å². The highest BCUT2D eigenvalue weighted by Gasteiger charge is 2.31. The van der Waals surface area contributed by atoms with E-state index in [2.05, 4.69) is 6.07 Å². The molecule has 0 aliphatic carbocycles. The summed E-state index contributed by atoms with van der Waals surface area (Å²) in [7, 11) is 1.59. The average Bonchev–Trinajstić information content (AvgIpc) is 3.08. The van der Waals surface area contributed by atoms with Gasteiger partial charge >= 0.3 is 5.97 Å². The summed E-state index contributed by atoms with van der Waals surface area (Å²) in [6.45, 7) is 3.31. The molecule has 7 heteroatoms. The average molecular weight is 417 g/mol. The van der Waals surface area contributed by atoms with Crippen LogP contribution in [0.5, 0.6) is 5.75 Å². The molecule has 1 N–H and O–H groups in total. The number of hydrogen-bond acceptors (Lipinski definition) is 5. The number of thioether (sulfide) groups is 1. The molecular weight excluding hydrogens is 398 g/mol. The number of benzene rings is 3. The van der Waals surface area contributed by atoms with Crippen molar-refractivity contribution in [3.63, 3.8) is 0 Å². The number of carboxylic acids is 1. The van der Waals surface area contributed by atoms with E-state index in [4.69, 9.17) is 9.72 Å². The lowest BCUT2D eigenvalue weighted by atomic mass is 10.0. The maximum Gasteiger partial charge on any atom is 0.319 e. The zero-order chi connectivity index (χ0) is 21.5. The van der Waals surface area contributed by atoms with Crippen molar-refractivity contribution in [1.82, 2.24) is 9.55 Å². The van der Waals surface area contributed by atoms with Crippen molar-refractivity contribution < 1.29 is 14.6 Å². The smallest absolute Gasteiger partial charge is 0.319 e. The molecule has 150 valence electrons. The second-order valence-corrected chi connectivity index (χ2v) is 8.88. The van der Waals surface area contributed by atoms with Gasteiger partial charge in [-0.15, -0.1) is 0 Å². The molecular formula is C23H19N3O3S. The number of fused-ring (bicyclic) bond motifs is 2. The number of nitrogens with zero attached hydrogens (tertiary/aromatic N) is 3. The molecule has 0 fully saturated rings. The number of hydrogen-bond donors (Lipinski definition) is 1. The topological polar surface area (TPSA) is 88.1 Å². The van der Waals surface area contributed by atoms with Gasteiger partial charge in [-0.1, -0.05) is 36.0 Å². The Hall–Kier alpha value is -3.50. The van der Waals surface area contributed by atoms with Gasteiger partial charge in [0, 0.05) is 16.8 Å². The maximum atomic E-state index is 11.8. The molecule has 0 bridgehead atoms. The first-order valence-electron chi connectivity index (χ1n) is 9.27. The lowest BCUT2D eigenvalue weighted by molar-refractivity contribution is -0.138. The minimum atomic E-state index is -1.08. The van der Waals surface area contributed by atoms with Crippen molar-refractivity contribution in [3.8, 4) is 17.5 Å². The number of aromatic nitrogens is 2. The summed E-state index contributed by atoms with van der Waals surface area (Å²) in [5.41, 5.74) is 2.95. The molecule has 0 amide bonds. The normalized spacial score (nSPS) is 11.5. The van der Waals surface area contributed by atoms with Gasteiger partial charge in [0.1, 0.15) is 10.5 Å². The van der Waals surface area contributed by atoms with Crippen LogP contribution in [0.3, 0.4) is 0 Å². The summed E-state index contributed by atoms with van der Waals surface area (Å²) in [4.78, 5) is 16.5. The number of methoxy groups -OCH3 is 1. The zero-order valence-electron chi connectivity index (χ0n) is 16.7. The Morgan fingerprint density at radius 1 is 1.17 bits per heavy atom. The van der Waals surface area contributed by atoms with E-state index in [1.807, 2.05) is 53.1 Å². The van der Waals surface area contributed by atoms with Crippen LogP contribution in [0.2, 0.25) is 0 Å². The van der Waals surface area contributed by atoms with Gasteiger partial charge < -0.3 is 9.84 Å². The Balaban J connectivity index is 2.05. The first-order chi connectivity index (χ1) is 14.4. The Morgan fingerprint density at radius 3 is 2.57 bits per heavy atom. The van der Waals surface area contributed by atoms with Gasteiger partial charge in [0.05, 0.1) is 35.5 Å². The number of imidazole rings is 1. The van der Waals surface area contributed by atoms with Gasteiger partial charge in [-0.25, -0.2) is 4.98 Å². The van der Waals surface area contributed by atoms with Crippen molar-refractivity contribution in [3.05, 3.63) is 60.2 Å². The summed E-state index contributed by atoms with van der Waals surface area (Å²) in [6.07, 6.45) is 0. The molecule has 0 aliphatic rings. The predicted molar refractivity (Wildman–Crippen MR) is 117 cm³/mol. The van der Waals surface area contributed by atoms with Crippen LogP contribution in [0.15, 0.2) is 59.8 Å². The number of ether oxygens (including phenoxy) is 1. The third kappa shape index (κ3) is 3.25. The van der Waals surface area contributed by atoms with Crippen LogP contribution in [0, 0.1) is 11.3 Å². The van der Waals surface area contributed by atoms with Gasteiger partial charge in [-0.3, -0.25) is 9.36 Å². The Labute approximate surface area is 177 Å². The third-order valence-corrected chi connectivity index (χ3v) is 6.10. The van der Waals surface area contributed by atoms with E-state index in [9.17, 15) is 15.2 Å². The highest BCUT2D eigenvalue weighted by molar-refractivity contribution is 8.01. The lowest BCUT2D eigenvalue weighted by Gasteiger charge is -2.19. The monoisotopic (exact) mass is 417 g/mol. The van der Waals surface area contributed by atoms with Gasteiger partial charge in [0.25, 0.3) is 0 Å². The predicted octanol–water partition coefficient (Wildman–Crippen LogP) is 5.01. The number of rotatable bonds is 5. The quantitative estimate of drug-likeness (QED) is 0.459. The Bertz CT molecular complexity index is 1340. The van der Waals surface area contributed by atoms with E-state index in [-0.39, 0.29) is 0 Å². The van der Waals surface area contributed by atoms with Gasteiger partial charge in [-0.2, -0.15) is 5.26 Å². The molecule has 0 atom stereocenters. The second-order valence-electron chi connectivity index (χ2n) is 7.29. The molecule has 0 spiro atoms. The molecule has 30 heavy (non-hydrogen) atoms. The third-order valence-electron chi connectivity index (χ3n) is 4.95. The maximum absolute atomic E-state index is 11.8. The highest BCUT2D eigenvalue weighted by Crippen LogP contribution is 2.38. The molecule has 4 aromatic rings. The number of carbonyl (C=O) groups is 1. The van der Waals surface area contributed by atoms with Crippen LogP contribution in [0.1, 0.15) is 19.4 Å². The van der Waals surface area contributed by atoms with Gasteiger partial charge in [0.2, 0.25) is 0 Å². The van der Waals surface area contributed by atoms with Crippen molar-refractivity contribution in [2.24, 2.45) is 0 Å². The minimum absolute atomic E-state index is 0.556.